The summed E-state index contributed by atoms with van der Waals surface area (Å²) in [6.45, 7) is 2.73. The Morgan fingerprint density at radius 2 is 2.16 bits per heavy atom. The van der Waals surface area contributed by atoms with Gasteiger partial charge in [0.05, 0.1) is 18.2 Å². The maximum Gasteiger partial charge on any atom is 0.230 e. The number of hydrogen-bond donors (Lipinski definition) is 1. The molecular formula is C18H18BrN3O3. The maximum atomic E-state index is 12.5. The highest BCUT2D eigenvalue weighted by Gasteiger charge is 2.36. The monoisotopic (exact) mass is 403 g/mol. The van der Waals surface area contributed by atoms with E-state index in [-0.39, 0.29) is 18.2 Å². The molecule has 1 N–H and O–H groups in total. The molecule has 1 fully saturated rings. The number of nitrogens with zero attached hydrogens (tertiary/aromatic N) is 2. The van der Waals surface area contributed by atoms with Gasteiger partial charge in [-0.1, -0.05) is 12.1 Å². The first-order chi connectivity index (χ1) is 12.1. The van der Waals surface area contributed by atoms with Crippen molar-refractivity contribution in [2.24, 2.45) is 5.92 Å². The van der Waals surface area contributed by atoms with Crippen molar-refractivity contribution in [2.75, 3.05) is 23.4 Å². The van der Waals surface area contributed by atoms with Gasteiger partial charge in [0.15, 0.2) is 0 Å². The molecule has 25 heavy (non-hydrogen) atoms. The predicted octanol–water partition coefficient (Wildman–Crippen LogP) is 3.23. The van der Waals surface area contributed by atoms with Gasteiger partial charge in [0.1, 0.15) is 11.6 Å². The highest BCUT2D eigenvalue weighted by atomic mass is 79.9. The molecule has 7 heteroatoms. The average molecular weight is 404 g/mol. The number of carbonyl (C=O) groups excluding carboxylic acids is 2. The molecule has 1 atom stereocenters. The van der Waals surface area contributed by atoms with Crippen LogP contribution in [0.1, 0.15) is 13.3 Å². The van der Waals surface area contributed by atoms with Gasteiger partial charge in [-0.2, -0.15) is 0 Å². The second-order valence-corrected chi connectivity index (χ2v) is 6.57. The van der Waals surface area contributed by atoms with Crippen molar-refractivity contribution < 1.29 is 14.3 Å². The maximum absolute atomic E-state index is 12.5. The number of carbonyl (C=O) groups is 2. The first-order valence-electron chi connectivity index (χ1n) is 8.03. The standard InChI is InChI=1S/C18H18BrN3O3/c1-2-25-15-6-4-3-5-14(15)22-11-12(9-17(22)23)18(24)21-16-8-7-13(19)10-20-16/h3-8,10,12H,2,9,11H2,1H3,(H,20,21,24). The molecule has 2 amide bonds. The fourth-order valence-corrected chi connectivity index (χ4v) is 2.99. The third kappa shape index (κ3) is 3.99. The number of pyridine rings is 1. The largest absolute Gasteiger partial charge is 0.492 e. The Kier molecular flexibility index (Phi) is 5.33. The van der Waals surface area contributed by atoms with Gasteiger partial charge < -0.3 is 15.0 Å². The van der Waals surface area contributed by atoms with Crippen LogP contribution in [0.5, 0.6) is 5.75 Å². The Hall–Kier alpha value is -2.41. The zero-order valence-electron chi connectivity index (χ0n) is 13.7. The second kappa shape index (κ2) is 7.65. The van der Waals surface area contributed by atoms with E-state index in [0.717, 1.165) is 4.47 Å². The Morgan fingerprint density at radius 1 is 1.36 bits per heavy atom. The van der Waals surface area contributed by atoms with E-state index in [1.165, 1.54) is 0 Å². The van der Waals surface area contributed by atoms with E-state index in [2.05, 4.69) is 26.2 Å². The van der Waals surface area contributed by atoms with Crippen molar-refractivity contribution in [2.45, 2.75) is 13.3 Å². The first kappa shape index (κ1) is 17.4. The molecule has 1 aliphatic rings. The molecule has 0 spiro atoms. The molecule has 1 aromatic heterocycles. The van der Waals surface area contributed by atoms with Crippen LogP contribution in [0.4, 0.5) is 11.5 Å². The molecule has 0 bridgehead atoms. The van der Waals surface area contributed by atoms with E-state index in [1.807, 2.05) is 31.2 Å². The Bertz CT molecular complexity index is 779. The number of para-hydroxylation sites is 2. The van der Waals surface area contributed by atoms with Gasteiger partial charge in [0.25, 0.3) is 0 Å². The number of hydrogen-bond acceptors (Lipinski definition) is 4. The van der Waals surface area contributed by atoms with Crippen LogP contribution in [-0.4, -0.2) is 29.9 Å². The molecule has 0 saturated carbocycles. The van der Waals surface area contributed by atoms with Crippen LogP contribution in [0.25, 0.3) is 0 Å². The van der Waals surface area contributed by atoms with Gasteiger partial charge in [-0.15, -0.1) is 0 Å². The third-order valence-electron chi connectivity index (χ3n) is 3.93. The lowest BCUT2D eigenvalue weighted by Gasteiger charge is -2.20. The number of aromatic nitrogens is 1. The molecule has 1 aromatic carbocycles. The third-order valence-corrected chi connectivity index (χ3v) is 4.40. The Balaban J connectivity index is 1.72. The van der Waals surface area contributed by atoms with E-state index in [4.69, 9.17) is 4.74 Å². The average Bonchev–Trinajstić information content (AvgIpc) is 2.99. The van der Waals surface area contributed by atoms with Crippen LogP contribution in [0.3, 0.4) is 0 Å². The molecule has 0 radical (unpaired) electrons. The minimum atomic E-state index is -0.423. The van der Waals surface area contributed by atoms with Gasteiger partial charge in [-0.05, 0) is 47.1 Å². The van der Waals surface area contributed by atoms with Crippen molar-refractivity contribution in [1.82, 2.24) is 4.98 Å². The van der Waals surface area contributed by atoms with Crippen molar-refractivity contribution in [3.8, 4) is 5.75 Å². The van der Waals surface area contributed by atoms with Crippen molar-refractivity contribution in [3.63, 3.8) is 0 Å². The predicted molar refractivity (Wildman–Crippen MR) is 98.6 cm³/mol. The zero-order valence-corrected chi connectivity index (χ0v) is 15.3. The molecule has 3 rings (SSSR count). The van der Waals surface area contributed by atoms with Crippen molar-refractivity contribution in [3.05, 3.63) is 47.1 Å². The summed E-state index contributed by atoms with van der Waals surface area (Å²) in [4.78, 5) is 30.6. The SMILES string of the molecule is CCOc1ccccc1N1CC(C(=O)Nc2ccc(Br)cn2)CC1=O. The number of rotatable bonds is 5. The van der Waals surface area contributed by atoms with E-state index < -0.39 is 5.92 Å². The minimum Gasteiger partial charge on any atom is -0.492 e. The Morgan fingerprint density at radius 3 is 2.88 bits per heavy atom. The Labute approximate surface area is 154 Å². The summed E-state index contributed by atoms with van der Waals surface area (Å²) in [5, 5.41) is 2.76. The summed E-state index contributed by atoms with van der Waals surface area (Å²) < 4.78 is 6.42. The molecule has 2 heterocycles. The van der Waals surface area contributed by atoms with Crippen LogP contribution in [0.15, 0.2) is 47.1 Å². The van der Waals surface area contributed by atoms with Crippen molar-refractivity contribution >= 4 is 39.2 Å². The lowest BCUT2D eigenvalue weighted by Crippen LogP contribution is -2.28. The molecule has 0 aliphatic carbocycles. The molecule has 6 nitrogen and oxygen atoms in total. The van der Waals surface area contributed by atoms with Crippen LogP contribution in [0.2, 0.25) is 0 Å². The highest BCUT2D eigenvalue weighted by molar-refractivity contribution is 9.10. The fourth-order valence-electron chi connectivity index (χ4n) is 2.75. The van der Waals surface area contributed by atoms with Gasteiger partial charge in [0.2, 0.25) is 11.8 Å². The number of ether oxygens (including phenoxy) is 1. The number of amides is 2. The van der Waals surface area contributed by atoms with Gasteiger partial charge in [0, 0.05) is 23.6 Å². The zero-order chi connectivity index (χ0) is 17.8. The van der Waals surface area contributed by atoms with E-state index in [0.29, 0.717) is 30.4 Å². The number of anilines is 2. The highest BCUT2D eigenvalue weighted by Crippen LogP contribution is 2.33. The molecule has 1 unspecified atom stereocenters. The lowest BCUT2D eigenvalue weighted by atomic mass is 10.1. The summed E-state index contributed by atoms with van der Waals surface area (Å²) in [5.41, 5.74) is 0.700. The van der Waals surface area contributed by atoms with Crippen LogP contribution in [0, 0.1) is 5.92 Å². The number of nitrogens with one attached hydrogen (secondary N) is 1. The van der Waals surface area contributed by atoms with E-state index in [1.54, 1.807) is 23.2 Å². The summed E-state index contributed by atoms with van der Waals surface area (Å²) in [7, 11) is 0. The van der Waals surface area contributed by atoms with Crippen LogP contribution < -0.4 is 15.0 Å². The molecular weight excluding hydrogens is 386 g/mol. The summed E-state index contributed by atoms with van der Waals surface area (Å²) >= 11 is 3.30. The summed E-state index contributed by atoms with van der Waals surface area (Å²) in [5.74, 6) is 0.395. The van der Waals surface area contributed by atoms with Gasteiger partial charge in [-0.3, -0.25) is 9.59 Å². The topological polar surface area (TPSA) is 71.5 Å². The number of halogens is 1. The van der Waals surface area contributed by atoms with E-state index >= 15 is 0 Å². The second-order valence-electron chi connectivity index (χ2n) is 5.66. The summed E-state index contributed by atoms with van der Waals surface area (Å²) in [6.07, 6.45) is 1.78. The van der Waals surface area contributed by atoms with Crippen molar-refractivity contribution in [1.29, 1.82) is 0 Å². The van der Waals surface area contributed by atoms with Crippen LogP contribution in [-0.2, 0) is 9.59 Å². The normalized spacial score (nSPS) is 16.8. The lowest BCUT2D eigenvalue weighted by molar-refractivity contribution is -0.122. The molecule has 1 aliphatic heterocycles. The van der Waals surface area contributed by atoms with Gasteiger partial charge >= 0.3 is 0 Å². The van der Waals surface area contributed by atoms with E-state index in [9.17, 15) is 9.59 Å². The number of benzene rings is 1. The molecule has 130 valence electrons. The fraction of sp³-hybridized carbons (Fsp3) is 0.278. The van der Waals surface area contributed by atoms with Crippen LogP contribution >= 0.6 is 15.9 Å². The molecule has 2 aromatic rings. The smallest absolute Gasteiger partial charge is 0.230 e. The quantitative estimate of drug-likeness (QED) is 0.831. The van der Waals surface area contributed by atoms with Gasteiger partial charge in [-0.25, -0.2) is 4.98 Å². The first-order valence-corrected chi connectivity index (χ1v) is 8.82. The molecule has 1 saturated heterocycles. The minimum absolute atomic E-state index is 0.0870. The summed E-state index contributed by atoms with van der Waals surface area (Å²) in [6, 6.07) is 10.9.